The Kier molecular flexibility index (Phi) is 4.92. The molecule has 2 rings (SSSR count). The van der Waals surface area contributed by atoms with Crippen molar-refractivity contribution < 1.29 is 24.2 Å². The summed E-state index contributed by atoms with van der Waals surface area (Å²) in [7, 11) is 1.52. The summed E-state index contributed by atoms with van der Waals surface area (Å²) in [6.45, 7) is 0.346. The molecule has 0 bridgehead atoms. The van der Waals surface area contributed by atoms with E-state index in [1.165, 1.54) is 28.2 Å². The number of morpholine rings is 1. The smallest absolute Gasteiger partial charge is 0.328 e. The van der Waals surface area contributed by atoms with Crippen LogP contribution in [0.2, 0.25) is 0 Å². The largest absolute Gasteiger partial charge is 0.480 e. The highest BCUT2D eigenvalue weighted by atomic mass is 32.1. The van der Waals surface area contributed by atoms with Crippen LogP contribution >= 0.6 is 11.3 Å². The summed E-state index contributed by atoms with van der Waals surface area (Å²) in [5.74, 6) is -1.74. The Bertz CT molecular complexity index is 531. The van der Waals surface area contributed by atoms with E-state index in [1.54, 1.807) is 17.5 Å². The van der Waals surface area contributed by atoms with E-state index in [0.29, 0.717) is 11.5 Å². The number of hydrogen-bond acceptors (Lipinski definition) is 5. The zero-order valence-electron chi connectivity index (χ0n) is 11.5. The monoisotopic (exact) mass is 312 g/mol. The van der Waals surface area contributed by atoms with Gasteiger partial charge in [-0.15, -0.1) is 11.3 Å². The molecule has 2 amide bonds. The number of aliphatic carboxylic acids is 1. The molecule has 1 atom stereocenters. The van der Waals surface area contributed by atoms with Crippen molar-refractivity contribution in [2.24, 2.45) is 0 Å². The lowest BCUT2D eigenvalue weighted by Gasteiger charge is -2.33. The molecule has 1 fully saturated rings. The van der Waals surface area contributed by atoms with E-state index in [0.717, 1.165) is 0 Å². The van der Waals surface area contributed by atoms with Crippen molar-refractivity contribution in [2.75, 3.05) is 33.4 Å². The van der Waals surface area contributed by atoms with Crippen molar-refractivity contribution in [3.05, 3.63) is 22.4 Å². The van der Waals surface area contributed by atoms with Crippen LogP contribution in [0.15, 0.2) is 17.5 Å². The Balaban J connectivity index is 1.99. The number of carbonyl (C=O) groups excluding carboxylic acids is 2. The summed E-state index contributed by atoms with van der Waals surface area (Å²) in [6, 6.07) is 2.45. The molecule has 7 nitrogen and oxygen atoms in total. The van der Waals surface area contributed by atoms with Crippen LogP contribution in [0, 0.1) is 0 Å². The van der Waals surface area contributed by atoms with Gasteiger partial charge in [-0.05, 0) is 11.4 Å². The van der Waals surface area contributed by atoms with Crippen LogP contribution < -0.4 is 0 Å². The van der Waals surface area contributed by atoms with Crippen molar-refractivity contribution >= 4 is 29.1 Å². The summed E-state index contributed by atoms with van der Waals surface area (Å²) in [4.78, 5) is 38.5. The van der Waals surface area contributed by atoms with Crippen LogP contribution in [-0.2, 0) is 14.3 Å². The number of amides is 2. The van der Waals surface area contributed by atoms with Gasteiger partial charge in [0.1, 0.15) is 0 Å². The van der Waals surface area contributed by atoms with E-state index in [4.69, 9.17) is 9.84 Å². The molecule has 0 saturated carbocycles. The minimum atomic E-state index is -1.10. The van der Waals surface area contributed by atoms with E-state index < -0.39 is 17.9 Å². The number of nitrogens with zero attached hydrogens (tertiary/aromatic N) is 2. The highest BCUT2D eigenvalue weighted by Crippen LogP contribution is 2.12. The Morgan fingerprint density at radius 3 is 2.90 bits per heavy atom. The van der Waals surface area contributed by atoms with E-state index >= 15 is 0 Å². The lowest BCUT2D eigenvalue weighted by molar-refractivity contribution is -0.158. The lowest BCUT2D eigenvalue weighted by Crippen LogP contribution is -2.55. The second kappa shape index (κ2) is 6.68. The average Bonchev–Trinajstić information content (AvgIpc) is 3.00. The maximum absolute atomic E-state index is 12.2. The van der Waals surface area contributed by atoms with E-state index in [-0.39, 0.29) is 25.6 Å². The van der Waals surface area contributed by atoms with Gasteiger partial charge in [0, 0.05) is 13.6 Å². The van der Waals surface area contributed by atoms with Gasteiger partial charge in [0.15, 0.2) is 6.04 Å². The zero-order chi connectivity index (χ0) is 15.4. The van der Waals surface area contributed by atoms with Crippen molar-refractivity contribution in [3.8, 4) is 0 Å². The minimum absolute atomic E-state index is 0.0241. The van der Waals surface area contributed by atoms with Gasteiger partial charge in [0.05, 0.1) is 24.6 Å². The molecule has 1 N–H and O–H groups in total. The summed E-state index contributed by atoms with van der Waals surface area (Å²) in [6.07, 6.45) is 0. The SMILES string of the molecule is CN(CC(=O)N1CCOCC1C(=O)O)C(=O)c1cccs1. The van der Waals surface area contributed by atoms with Gasteiger partial charge in [-0.2, -0.15) is 0 Å². The molecule has 21 heavy (non-hydrogen) atoms. The molecule has 1 saturated heterocycles. The molecule has 1 aromatic rings. The van der Waals surface area contributed by atoms with E-state index in [1.807, 2.05) is 0 Å². The number of rotatable bonds is 4. The van der Waals surface area contributed by atoms with Crippen LogP contribution in [-0.4, -0.2) is 72.1 Å². The molecule has 0 radical (unpaired) electrons. The highest BCUT2D eigenvalue weighted by molar-refractivity contribution is 7.12. The predicted molar refractivity (Wildman–Crippen MR) is 75.2 cm³/mol. The zero-order valence-corrected chi connectivity index (χ0v) is 12.3. The summed E-state index contributed by atoms with van der Waals surface area (Å²) in [5, 5.41) is 10.9. The van der Waals surface area contributed by atoms with Crippen molar-refractivity contribution in [1.82, 2.24) is 9.80 Å². The van der Waals surface area contributed by atoms with Gasteiger partial charge in [-0.25, -0.2) is 4.79 Å². The van der Waals surface area contributed by atoms with E-state index in [2.05, 4.69) is 0 Å². The quantitative estimate of drug-likeness (QED) is 0.854. The first-order valence-corrected chi connectivity index (χ1v) is 7.27. The number of carboxylic acids is 1. The van der Waals surface area contributed by atoms with Crippen molar-refractivity contribution in [2.45, 2.75) is 6.04 Å². The topological polar surface area (TPSA) is 87.2 Å². The molecule has 1 aliphatic rings. The predicted octanol–water partition coefficient (Wildman–Crippen LogP) is 0.132. The maximum Gasteiger partial charge on any atom is 0.328 e. The number of ether oxygens (including phenoxy) is 1. The number of hydrogen-bond donors (Lipinski definition) is 1. The number of carboxylic acid groups (broad SMARTS) is 1. The number of thiophene rings is 1. The third kappa shape index (κ3) is 3.59. The molecule has 0 spiro atoms. The molecule has 114 valence electrons. The Morgan fingerprint density at radius 1 is 1.52 bits per heavy atom. The third-order valence-electron chi connectivity index (χ3n) is 3.18. The van der Waals surface area contributed by atoms with Crippen LogP contribution in [0.5, 0.6) is 0 Å². The maximum atomic E-state index is 12.2. The molecule has 0 aliphatic carbocycles. The summed E-state index contributed by atoms with van der Waals surface area (Å²) in [5.41, 5.74) is 0. The first-order chi connectivity index (χ1) is 10.0. The van der Waals surface area contributed by atoms with Gasteiger partial charge in [-0.3, -0.25) is 9.59 Å². The number of carbonyl (C=O) groups is 3. The van der Waals surface area contributed by atoms with Gasteiger partial charge in [0.25, 0.3) is 5.91 Å². The standard InChI is InChI=1S/C13H16N2O5S/c1-14(12(17)10-3-2-6-21-10)7-11(16)15-4-5-20-8-9(15)13(18)19/h2-3,6,9H,4-5,7-8H2,1H3,(H,18,19). The first kappa shape index (κ1) is 15.5. The number of likely N-dealkylation sites (N-methyl/N-ethyl adjacent to an activating group) is 1. The fourth-order valence-corrected chi connectivity index (χ4v) is 2.78. The lowest BCUT2D eigenvalue weighted by atomic mass is 10.2. The molecule has 8 heteroatoms. The molecule has 0 aromatic carbocycles. The van der Waals surface area contributed by atoms with Gasteiger partial charge < -0.3 is 19.6 Å². The third-order valence-corrected chi connectivity index (χ3v) is 4.04. The summed E-state index contributed by atoms with van der Waals surface area (Å²) >= 11 is 1.30. The van der Waals surface area contributed by atoms with Crippen LogP contribution in [0.4, 0.5) is 0 Å². The molecule has 1 aromatic heterocycles. The van der Waals surface area contributed by atoms with Crippen LogP contribution in [0.3, 0.4) is 0 Å². The normalized spacial score (nSPS) is 18.3. The molecule has 1 unspecified atom stereocenters. The fourth-order valence-electron chi connectivity index (χ4n) is 2.06. The summed E-state index contributed by atoms with van der Waals surface area (Å²) < 4.78 is 5.08. The average molecular weight is 312 g/mol. The van der Waals surface area contributed by atoms with Gasteiger partial charge in [0.2, 0.25) is 5.91 Å². The first-order valence-electron chi connectivity index (χ1n) is 6.39. The Hall–Kier alpha value is -1.93. The minimum Gasteiger partial charge on any atom is -0.480 e. The second-order valence-electron chi connectivity index (χ2n) is 4.65. The van der Waals surface area contributed by atoms with E-state index in [9.17, 15) is 14.4 Å². The Morgan fingerprint density at radius 2 is 2.29 bits per heavy atom. The van der Waals surface area contributed by atoms with Gasteiger partial charge >= 0.3 is 5.97 Å². The molecular weight excluding hydrogens is 296 g/mol. The Labute approximate surface area is 125 Å². The fraction of sp³-hybridized carbons (Fsp3) is 0.462. The highest BCUT2D eigenvalue weighted by Gasteiger charge is 2.33. The van der Waals surface area contributed by atoms with Crippen LogP contribution in [0.1, 0.15) is 9.67 Å². The van der Waals surface area contributed by atoms with Crippen LogP contribution in [0.25, 0.3) is 0 Å². The van der Waals surface area contributed by atoms with Crippen molar-refractivity contribution in [1.29, 1.82) is 0 Å². The molecule has 2 heterocycles. The second-order valence-corrected chi connectivity index (χ2v) is 5.60. The van der Waals surface area contributed by atoms with Gasteiger partial charge in [-0.1, -0.05) is 6.07 Å². The molecule has 1 aliphatic heterocycles. The van der Waals surface area contributed by atoms with Crippen molar-refractivity contribution in [3.63, 3.8) is 0 Å². The molecular formula is C13H16N2O5S.